The maximum Gasteiger partial charge on any atom is 0.246 e. The van der Waals surface area contributed by atoms with E-state index >= 15 is 0 Å². The van der Waals surface area contributed by atoms with Crippen molar-refractivity contribution in [2.45, 2.75) is 78.4 Å². The van der Waals surface area contributed by atoms with E-state index in [0.29, 0.717) is 11.8 Å². The summed E-state index contributed by atoms with van der Waals surface area (Å²) in [5, 5.41) is 2.93. The van der Waals surface area contributed by atoms with Gasteiger partial charge in [-0.25, -0.2) is 0 Å². The van der Waals surface area contributed by atoms with Crippen molar-refractivity contribution in [3.8, 4) is 0 Å². The molecule has 0 bridgehead atoms. The first kappa shape index (κ1) is 16.3. The number of nitrogens with zero attached hydrogens (tertiary/aromatic N) is 1. The molecule has 6 unspecified atom stereocenters. The summed E-state index contributed by atoms with van der Waals surface area (Å²) in [6.07, 6.45) is 4.31. The fourth-order valence-electron chi connectivity index (χ4n) is 3.83. The second kappa shape index (κ2) is 6.37. The SMILES string of the molecule is CCC(C)C1NC(=O)C(C)N(C2CCCC(C)C2C)C1=O. The molecule has 4 heteroatoms. The second-order valence-corrected chi connectivity index (χ2v) is 7.13. The second-order valence-electron chi connectivity index (χ2n) is 7.13. The molecule has 0 spiro atoms. The summed E-state index contributed by atoms with van der Waals surface area (Å²) in [5.41, 5.74) is 0. The molecule has 6 atom stereocenters. The summed E-state index contributed by atoms with van der Waals surface area (Å²) in [5.74, 6) is 1.41. The molecule has 0 aromatic carbocycles. The van der Waals surface area contributed by atoms with Gasteiger partial charge in [0.15, 0.2) is 0 Å². The lowest BCUT2D eigenvalue weighted by Gasteiger charge is -2.48. The number of amides is 2. The normalized spacial score (nSPS) is 39.1. The molecule has 2 fully saturated rings. The van der Waals surface area contributed by atoms with E-state index in [1.807, 2.05) is 18.7 Å². The van der Waals surface area contributed by atoms with Gasteiger partial charge in [-0.2, -0.15) is 0 Å². The van der Waals surface area contributed by atoms with Gasteiger partial charge in [-0.15, -0.1) is 0 Å². The molecule has 0 aromatic rings. The zero-order valence-corrected chi connectivity index (χ0v) is 14.1. The Morgan fingerprint density at radius 1 is 1.24 bits per heavy atom. The Balaban J connectivity index is 2.26. The van der Waals surface area contributed by atoms with Crippen molar-refractivity contribution in [1.82, 2.24) is 10.2 Å². The number of piperazine rings is 1. The van der Waals surface area contributed by atoms with Crippen LogP contribution in [-0.2, 0) is 9.59 Å². The third-order valence-electron chi connectivity index (χ3n) is 5.85. The van der Waals surface area contributed by atoms with Gasteiger partial charge in [0, 0.05) is 6.04 Å². The van der Waals surface area contributed by atoms with E-state index in [1.165, 1.54) is 6.42 Å². The molecule has 1 saturated heterocycles. The van der Waals surface area contributed by atoms with E-state index in [9.17, 15) is 9.59 Å². The zero-order valence-electron chi connectivity index (χ0n) is 14.1. The predicted molar refractivity (Wildman–Crippen MR) is 83.7 cm³/mol. The van der Waals surface area contributed by atoms with Crippen LogP contribution in [0.1, 0.15) is 60.3 Å². The lowest BCUT2D eigenvalue weighted by Crippen LogP contribution is -2.67. The average Bonchev–Trinajstić information content (AvgIpc) is 2.46. The first-order valence-electron chi connectivity index (χ1n) is 8.51. The molecule has 1 N–H and O–H groups in total. The summed E-state index contributed by atoms with van der Waals surface area (Å²) >= 11 is 0. The van der Waals surface area contributed by atoms with Gasteiger partial charge in [-0.05, 0) is 31.1 Å². The highest BCUT2D eigenvalue weighted by Gasteiger charge is 2.45. The Kier molecular flexibility index (Phi) is 4.95. The predicted octanol–water partition coefficient (Wildman–Crippen LogP) is 2.57. The minimum atomic E-state index is -0.344. The van der Waals surface area contributed by atoms with Crippen molar-refractivity contribution in [2.75, 3.05) is 0 Å². The molecular weight excluding hydrogens is 264 g/mol. The Labute approximate surface area is 128 Å². The minimum absolute atomic E-state index is 0.00493. The Morgan fingerprint density at radius 2 is 1.90 bits per heavy atom. The lowest BCUT2D eigenvalue weighted by molar-refractivity contribution is -0.155. The Hall–Kier alpha value is -1.06. The van der Waals surface area contributed by atoms with Crippen LogP contribution in [0.3, 0.4) is 0 Å². The highest BCUT2D eigenvalue weighted by Crippen LogP contribution is 2.35. The molecule has 1 aliphatic heterocycles. The first-order valence-corrected chi connectivity index (χ1v) is 8.51. The number of carbonyl (C=O) groups excluding carboxylic acids is 2. The van der Waals surface area contributed by atoms with Crippen LogP contribution in [0.5, 0.6) is 0 Å². The van der Waals surface area contributed by atoms with Crippen LogP contribution in [0.4, 0.5) is 0 Å². The van der Waals surface area contributed by atoms with Gasteiger partial charge in [-0.1, -0.05) is 47.0 Å². The van der Waals surface area contributed by atoms with Crippen LogP contribution in [0.15, 0.2) is 0 Å². The van der Waals surface area contributed by atoms with Gasteiger partial charge >= 0.3 is 0 Å². The van der Waals surface area contributed by atoms with E-state index in [0.717, 1.165) is 19.3 Å². The van der Waals surface area contributed by atoms with Gasteiger partial charge in [-0.3, -0.25) is 9.59 Å². The average molecular weight is 294 g/mol. The van der Waals surface area contributed by atoms with E-state index in [4.69, 9.17) is 0 Å². The topological polar surface area (TPSA) is 49.4 Å². The Bertz CT molecular complexity index is 410. The van der Waals surface area contributed by atoms with Crippen molar-refractivity contribution in [3.63, 3.8) is 0 Å². The summed E-state index contributed by atoms with van der Waals surface area (Å²) < 4.78 is 0. The molecule has 2 rings (SSSR count). The zero-order chi connectivity index (χ0) is 15.7. The molecule has 0 radical (unpaired) electrons. The smallest absolute Gasteiger partial charge is 0.246 e. The van der Waals surface area contributed by atoms with Gasteiger partial charge in [0.2, 0.25) is 11.8 Å². The molecule has 1 saturated carbocycles. The minimum Gasteiger partial charge on any atom is -0.342 e. The van der Waals surface area contributed by atoms with Crippen molar-refractivity contribution < 1.29 is 9.59 Å². The molecular formula is C17H30N2O2. The molecule has 2 aliphatic rings. The largest absolute Gasteiger partial charge is 0.342 e. The quantitative estimate of drug-likeness (QED) is 0.869. The van der Waals surface area contributed by atoms with Gasteiger partial charge < -0.3 is 10.2 Å². The summed E-state index contributed by atoms with van der Waals surface area (Å²) in [6.45, 7) is 10.5. The van der Waals surface area contributed by atoms with E-state index in [-0.39, 0.29) is 35.9 Å². The monoisotopic (exact) mass is 294 g/mol. The summed E-state index contributed by atoms with van der Waals surface area (Å²) in [4.78, 5) is 27.2. The summed E-state index contributed by atoms with van der Waals surface area (Å²) in [7, 11) is 0. The standard InChI is InChI=1S/C17H30N2O2/c1-6-10(2)15-17(21)19(13(5)16(20)18-15)14-9-7-8-11(3)12(14)4/h10-15H,6-9H2,1-5H3,(H,18,20). The van der Waals surface area contributed by atoms with E-state index in [2.05, 4.69) is 26.1 Å². The number of hydrogen-bond acceptors (Lipinski definition) is 2. The molecule has 2 amide bonds. The molecule has 4 nitrogen and oxygen atoms in total. The van der Waals surface area contributed by atoms with E-state index in [1.54, 1.807) is 0 Å². The number of hydrogen-bond donors (Lipinski definition) is 1. The summed E-state index contributed by atoms with van der Waals surface area (Å²) in [6, 6.07) is -0.465. The van der Waals surface area contributed by atoms with E-state index < -0.39 is 0 Å². The highest BCUT2D eigenvalue weighted by atomic mass is 16.2. The molecule has 1 heterocycles. The van der Waals surface area contributed by atoms with Crippen LogP contribution < -0.4 is 5.32 Å². The third-order valence-corrected chi connectivity index (χ3v) is 5.85. The Morgan fingerprint density at radius 3 is 2.52 bits per heavy atom. The van der Waals surface area contributed by atoms with Crippen molar-refractivity contribution in [2.24, 2.45) is 17.8 Å². The highest BCUT2D eigenvalue weighted by molar-refractivity contribution is 5.97. The van der Waals surface area contributed by atoms with Crippen LogP contribution >= 0.6 is 0 Å². The lowest BCUT2D eigenvalue weighted by atomic mass is 9.76. The molecule has 1 aliphatic carbocycles. The van der Waals surface area contributed by atoms with Crippen LogP contribution in [-0.4, -0.2) is 34.8 Å². The van der Waals surface area contributed by atoms with Gasteiger partial charge in [0.05, 0.1) is 0 Å². The number of rotatable bonds is 3. The number of carbonyl (C=O) groups is 2. The van der Waals surface area contributed by atoms with Crippen LogP contribution in [0.25, 0.3) is 0 Å². The molecule has 120 valence electrons. The van der Waals surface area contributed by atoms with Crippen molar-refractivity contribution in [3.05, 3.63) is 0 Å². The van der Waals surface area contributed by atoms with Crippen molar-refractivity contribution >= 4 is 11.8 Å². The first-order chi connectivity index (χ1) is 9.88. The van der Waals surface area contributed by atoms with Crippen molar-refractivity contribution in [1.29, 1.82) is 0 Å². The molecule has 21 heavy (non-hydrogen) atoms. The maximum atomic E-state index is 12.9. The van der Waals surface area contributed by atoms with Crippen LogP contribution in [0.2, 0.25) is 0 Å². The fraction of sp³-hybridized carbons (Fsp3) is 0.882. The number of nitrogens with one attached hydrogen (secondary N) is 1. The third kappa shape index (κ3) is 2.95. The maximum absolute atomic E-state index is 12.9. The van der Waals surface area contributed by atoms with Crippen LogP contribution in [0, 0.1) is 17.8 Å². The van der Waals surface area contributed by atoms with Gasteiger partial charge in [0.1, 0.15) is 12.1 Å². The molecule has 0 aromatic heterocycles. The van der Waals surface area contributed by atoms with Gasteiger partial charge in [0.25, 0.3) is 0 Å². The fourth-order valence-corrected chi connectivity index (χ4v) is 3.83.